The standard InChI is InChI=1S/C17H29N3O3/c1-13(2)12-20(8-7-19(3)4)17(21)18-14-9-15(22-5)11-16(10-14)23-6/h9-11,13H,7-8,12H2,1-6H3,(H,18,21). The quantitative estimate of drug-likeness (QED) is 0.799. The van der Waals surface area contributed by atoms with Crippen LogP contribution in [-0.2, 0) is 0 Å². The van der Waals surface area contributed by atoms with E-state index in [9.17, 15) is 4.79 Å². The molecular weight excluding hydrogens is 294 g/mol. The van der Waals surface area contributed by atoms with Crippen LogP contribution < -0.4 is 14.8 Å². The Morgan fingerprint density at radius 2 is 1.65 bits per heavy atom. The number of urea groups is 1. The molecule has 1 rings (SSSR count). The second kappa shape index (κ2) is 9.25. The molecule has 6 nitrogen and oxygen atoms in total. The molecule has 0 bridgehead atoms. The van der Waals surface area contributed by atoms with Crippen molar-refractivity contribution in [2.45, 2.75) is 13.8 Å². The molecule has 0 atom stereocenters. The first-order chi connectivity index (χ1) is 10.8. The van der Waals surface area contributed by atoms with Crippen molar-refractivity contribution in [3.8, 4) is 11.5 Å². The number of likely N-dealkylation sites (N-methyl/N-ethyl adjacent to an activating group) is 1. The second-order valence-electron chi connectivity index (χ2n) is 6.17. The topological polar surface area (TPSA) is 54.0 Å². The van der Waals surface area contributed by atoms with Gasteiger partial charge in [-0.25, -0.2) is 4.79 Å². The number of carbonyl (C=O) groups excluding carboxylic acids is 1. The number of hydrogen-bond donors (Lipinski definition) is 1. The Hall–Kier alpha value is -1.95. The first kappa shape index (κ1) is 19.1. The Labute approximate surface area is 139 Å². The van der Waals surface area contributed by atoms with Crippen molar-refractivity contribution in [2.24, 2.45) is 5.92 Å². The SMILES string of the molecule is COc1cc(NC(=O)N(CCN(C)C)CC(C)C)cc(OC)c1. The lowest BCUT2D eigenvalue weighted by atomic mass is 10.2. The fourth-order valence-electron chi connectivity index (χ4n) is 2.12. The van der Waals surface area contributed by atoms with E-state index in [1.165, 1.54) is 0 Å². The van der Waals surface area contributed by atoms with Crippen LogP contribution in [0, 0.1) is 5.92 Å². The molecule has 23 heavy (non-hydrogen) atoms. The van der Waals surface area contributed by atoms with Gasteiger partial charge in [0.25, 0.3) is 0 Å². The molecule has 0 radical (unpaired) electrons. The van der Waals surface area contributed by atoms with E-state index in [-0.39, 0.29) is 6.03 Å². The van der Waals surface area contributed by atoms with Gasteiger partial charge in [-0.1, -0.05) is 13.8 Å². The molecule has 6 heteroatoms. The summed E-state index contributed by atoms with van der Waals surface area (Å²) in [5.41, 5.74) is 0.657. The molecule has 0 aliphatic rings. The molecular formula is C17H29N3O3. The predicted octanol–water partition coefficient (Wildman–Crippen LogP) is 2.76. The zero-order chi connectivity index (χ0) is 17.4. The van der Waals surface area contributed by atoms with Gasteiger partial charge in [0.15, 0.2) is 0 Å². The van der Waals surface area contributed by atoms with Crippen molar-refractivity contribution in [3.63, 3.8) is 0 Å². The number of ether oxygens (including phenoxy) is 2. The summed E-state index contributed by atoms with van der Waals surface area (Å²) in [7, 11) is 7.17. The number of nitrogens with zero attached hydrogens (tertiary/aromatic N) is 2. The van der Waals surface area contributed by atoms with Gasteiger partial charge in [0, 0.05) is 43.5 Å². The fraction of sp³-hybridized carbons (Fsp3) is 0.588. The van der Waals surface area contributed by atoms with Crippen LogP contribution >= 0.6 is 0 Å². The molecule has 1 N–H and O–H groups in total. The first-order valence-corrected chi connectivity index (χ1v) is 7.79. The number of nitrogens with one attached hydrogen (secondary N) is 1. The summed E-state index contributed by atoms with van der Waals surface area (Å²) in [4.78, 5) is 16.5. The second-order valence-corrected chi connectivity index (χ2v) is 6.17. The van der Waals surface area contributed by atoms with Crippen LogP contribution in [0.3, 0.4) is 0 Å². The van der Waals surface area contributed by atoms with Gasteiger partial charge in [-0.2, -0.15) is 0 Å². The molecule has 130 valence electrons. The predicted molar refractivity (Wildman–Crippen MR) is 93.5 cm³/mol. The molecule has 0 unspecified atom stereocenters. The fourth-order valence-corrected chi connectivity index (χ4v) is 2.12. The van der Waals surface area contributed by atoms with Crippen LogP contribution in [0.5, 0.6) is 11.5 Å². The van der Waals surface area contributed by atoms with Gasteiger partial charge in [-0.15, -0.1) is 0 Å². The molecule has 0 saturated heterocycles. The molecule has 0 saturated carbocycles. The maximum absolute atomic E-state index is 12.6. The highest BCUT2D eigenvalue weighted by molar-refractivity contribution is 5.89. The lowest BCUT2D eigenvalue weighted by Crippen LogP contribution is -2.41. The lowest BCUT2D eigenvalue weighted by molar-refractivity contribution is 0.197. The molecule has 0 aliphatic heterocycles. The summed E-state index contributed by atoms with van der Waals surface area (Å²) >= 11 is 0. The molecule has 2 amide bonds. The van der Waals surface area contributed by atoms with Gasteiger partial charge < -0.3 is 24.6 Å². The van der Waals surface area contributed by atoms with Crippen molar-refractivity contribution in [3.05, 3.63) is 18.2 Å². The summed E-state index contributed by atoms with van der Waals surface area (Å²) in [6.45, 7) is 6.41. The summed E-state index contributed by atoms with van der Waals surface area (Å²) in [5, 5.41) is 2.93. The molecule has 0 spiro atoms. The summed E-state index contributed by atoms with van der Waals surface area (Å²) < 4.78 is 10.5. The maximum atomic E-state index is 12.6. The van der Waals surface area contributed by atoms with Crippen molar-refractivity contribution in [1.82, 2.24) is 9.80 Å². The lowest BCUT2D eigenvalue weighted by Gasteiger charge is -2.26. The summed E-state index contributed by atoms with van der Waals surface area (Å²) in [6.07, 6.45) is 0. The van der Waals surface area contributed by atoms with Crippen LogP contribution in [0.4, 0.5) is 10.5 Å². The third-order valence-corrected chi connectivity index (χ3v) is 3.29. The zero-order valence-corrected chi connectivity index (χ0v) is 15.0. The number of hydrogen-bond acceptors (Lipinski definition) is 4. The number of methoxy groups -OCH3 is 2. The van der Waals surface area contributed by atoms with Crippen LogP contribution in [-0.4, -0.2) is 63.8 Å². The van der Waals surface area contributed by atoms with E-state index in [4.69, 9.17) is 9.47 Å². The van der Waals surface area contributed by atoms with Gasteiger partial charge in [0.1, 0.15) is 11.5 Å². The molecule has 1 aromatic carbocycles. The highest BCUT2D eigenvalue weighted by atomic mass is 16.5. The number of anilines is 1. The number of benzene rings is 1. The Morgan fingerprint density at radius 3 is 2.09 bits per heavy atom. The van der Waals surface area contributed by atoms with E-state index in [1.807, 2.05) is 19.0 Å². The zero-order valence-electron chi connectivity index (χ0n) is 15.0. The van der Waals surface area contributed by atoms with Gasteiger partial charge >= 0.3 is 6.03 Å². The van der Waals surface area contributed by atoms with E-state index >= 15 is 0 Å². The van der Waals surface area contributed by atoms with Gasteiger partial charge in [-0.05, 0) is 20.0 Å². The number of rotatable bonds is 8. The van der Waals surface area contributed by atoms with E-state index in [0.29, 0.717) is 36.2 Å². The average molecular weight is 323 g/mol. The Balaban J connectivity index is 2.83. The van der Waals surface area contributed by atoms with Crippen LogP contribution in [0.2, 0.25) is 0 Å². The number of amides is 2. The minimum Gasteiger partial charge on any atom is -0.497 e. The van der Waals surface area contributed by atoms with Gasteiger partial charge in [0.2, 0.25) is 0 Å². The molecule has 1 aromatic rings. The highest BCUT2D eigenvalue weighted by Crippen LogP contribution is 2.26. The Morgan fingerprint density at radius 1 is 1.09 bits per heavy atom. The summed E-state index contributed by atoms with van der Waals surface area (Å²) in [5.74, 6) is 1.69. The molecule has 0 fully saturated rings. The molecule has 0 aromatic heterocycles. The van der Waals surface area contributed by atoms with E-state index < -0.39 is 0 Å². The highest BCUT2D eigenvalue weighted by Gasteiger charge is 2.16. The van der Waals surface area contributed by atoms with Crippen LogP contribution in [0.15, 0.2) is 18.2 Å². The Kier molecular flexibility index (Phi) is 7.68. The maximum Gasteiger partial charge on any atom is 0.321 e. The van der Waals surface area contributed by atoms with E-state index in [1.54, 1.807) is 32.4 Å². The average Bonchev–Trinajstić information content (AvgIpc) is 2.50. The van der Waals surface area contributed by atoms with Gasteiger partial charge in [-0.3, -0.25) is 0 Å². The third kappa shape index (κ3) is 6.78. The van der Waals surface area contributed by atoms with Crippen molar-refractivity contribution >= 4 is 11.7 Å². The largest absolute Gasteiger partial charge is 0.497 e. The van der Waals surface area contributed by atoms with Crippen molar-refractivity contribution < 1.29 is 14.3 Å². The van der Waals surface area contributed by atoms with Crippen LogP contribution in [0.25, 0.3) is 0 Å². The van der Waals surface area contributed by atoms with Crippen molar-refractivity contribution in [1.29, 1.82) is 0 Å². The third-order valence-electron chi connectivity index (χ3n) is 3.29. The number of carbonyl (C=O) groups is 1. The van der Waals surface area contributed by atoms with E-state index in [0.717, 1.165) is 6.54 Å². The monoisotopic (exact) mass is 323 g/mol. The first-order valence-electron chi connectivity index (χ1n) is 7.79. The summed E-state index contributed by atoms with van der Waals surface area (Å²) in [6, 6.07) is 5.21. The van der Waals surface area contributed by atoms with Gasteiger partial charge in [0.05, 0.1) is 14.2 Å². The van der Waals surface area contributed by atoms with Crippen molar-refractivity contribution in [2.75, 3.05) is 53.3 Å². The smallest absolute Gasteiger partial charge is 0.321 e. The van der Waals surface area contributed by atoms with E-state index in [2.05, 4.69) is 24.1 Å². The van der Waals surface area contributed by atoms with Crippen LogP contribution in [0.1, 0.15) is 13.8 Å². The normalized spacial score (nSPS) is 10.8. The molecule has 0 aliphatic carbocycles. The molecule has 0 heterocycles. The minimum atomic E-state index is -0.115. The Bertz CT molecular complexity index is 482. The minimum absolute atomic E-state index is 0.115.